The van der Waals surface area contributed by atoms with Gasteiger partial charge in [-0.2, -0.15) is 0 Å². The van der Waals surface area contributed by atoms with E-state index in [4.69, 9.17) is 10.2 Å². The number of carboxylic acid groups (broad SMARTS) is 2. The Morgan fingerprint density at radius 1 is 1.29 bits per heavy atom. The van der Waals surface area contributed by atoms with Crippen molar-refractivity contribution in [3.63, 3.8) is 0 Å². The smallest absolute Gasteiger partial charge is 0.354 e. The van der Waals surface area contributed by atoms with E-state index >= 15 is 0 Å². The fourth-order valence-corrected chi connectivity index (χ4v) is 1.08. The predicted molar refractivity (Wildman–Crippen MR) is 47.5 cm³/mol. The van der Waals surface area contributed by atoms with Crippen LogP contribution < -0.4 is 0 Å². The SMILES string of the molecule is CCc1ccc(C(=O)O)nc1C(=O)O. The molecule has 0 atom stereocenters. The molecule has 0 aliphatic heterocycles. The molecule has 1 rings (SSSR count). The van der Waals surface area contributed by atoms with E-state index in [9.17, 15) is 9.59 Å². The number of aryl methyl sites for hydroxylation is 1. The fourth-order valence-electron chi connectivity index (χ4n) is 1.08. The fraction of sp³-hybridized carbons (Fsp3) is 0.222. The van der Waals surface area contributed by atoms with Gasteiger partial charge in [-0.05, 0) is 18.1 Å². The summed E-state index contributed by atoms with van der Waals surface area (Å²) in [6.07, 6.45) is 0.508. The van der Waals surface area contributed by atoms with Crippen LogP contribution in [0.15, 0.2) is 12.1 Å². The number of carbonyl (C=O) groups is 2. The Kier molecular flexibility index (Phi) is 2.81. The van der Waals surface area contributed by atoms with Gasteiger partial charge in [-0.3, -0.25) is 0 Å². The molecule has 5 heteroatoms. The summed E-state index contributed by atoms with van der Waals surface area (Å²) in [7, 11) is 0. The number of pyridine rings is 1. The molecule has 1 aromatic heterocycles. The van der Waals surface area contributed by atoms with E-state index in [0.717, 1.165) is 0 Å². The highest BCUT2D eigenvalue weighted by atomic mass is 16.4. The summed E-state index contributed by atoms with van der Waals surface area (Å²) in [6.45, 7) is 1.78. The highest BCUT2D eigenvalue weighted by Gasteiger charge is 2.14. The molecule has 0 bridgehead atoms. The van der Waals surface area contributed by atoms with Crippen LogP contribution in [-0.4, -0.2) is 27.1 Å². The zero-order valence-electron chi connectivity index (χ0n) is 7.52. The summed E-state index contributed by atoms with van der Waals surface area (Å²) in [5.74, 6) is -2.43. The second-order valence-corrected chi connectivity index (χ2v) is 2.67. The molecule has 5 nitrogen and oxygen atoms in total. The Balaban J connectivity index is 3.27. The minimum Gasteiger partial charge on any atom is -0.477 e. The summed E-state index contributed by atoms with van der Waals surface area (Å²) >= 11 is 0. The highest BCUT2D eigenvalue weighted by Crippen LogP contribution is 2.08. The molecule has 14 heavy (non-hydrogen) atoms. The average molecular weight is 195 g/mol. The topological polar surface area (TPSA) is 87.5 Å². The van der Waals surface area contributed by atoms with Crippen LogP contribution in [0.3, 0.4) is 0 Å². The van der Waals surface area contributed by atoms with E-state index < -0.39 is 11.9 Å². The molecule has 0 aliphatic carbocycles. The van der Waals surface area contributed by atoms with Crippen LogP contribution in [0.2, 0.25) is 0 Å². The van der Waals surface area contributed by atoms with Crippen molar-refractivity contribution in [2.45, 2.75) is 13.3 Å². The van der Waals surface area contributed by atoms with Gasteiger partial charge in [-0.15, -0.1) is 0 Å². The van der Waals surface area contributed by atoms with Gasteiger partial charge < -0.3 is 10.2 Å². The van der Waals surface area contributed by atoms with Crippen molar-refractivity contribution in [3.8, 4) is 0 Å². The number of aromatic carboxylic acids is 2. The second-order valence-electron chi connectivity index (χ2n) is 2.67. The lowest BCUT2D eigenvalue weighted by molar-refractivity contribution is 0.0684. The Bertz CT molecular complexity index is 386. The summed E-state index contributed by atoms with van der Waals surface area (Å²) in [6, 6.07) is 2.77. The molecule has 0 saturated heterocycles. The lowest BCUT2D eigenvalue weighted by Gasteiger charge is -2.02. The standard InChI is InChI=1S/C9H9NO4/c1-2-5-3-4-6(8(11)12)10-7(5)9(13)14/h3-4H,2H2,1H3,(H,11,12)(H,13,14). The zero-order valence-corrected chi connectivity index (χ0v) is 7.52. The Morgan fingerprint density at radius 2 is 1.93 bits per heavy atom. The summed E-state index contributed by atoms with van der Waals surface area (Å²) in [5.41, 5.74) is 0.0921. The number of rotatable bonds is 3. The van der Waals surface area contributed by atoms with Crippen molar-refractivity contribution in [1.29, 1.82) is 0 Å². The first kappa shape index (κ1) is 10.2. The molecular weight excluding hydrogens is 186 g/mol. The van der Waals surface area contributed by atoms with E-state index in [2.05, 4.69) is 4.98 Å². The second kappa shape index (κ2) is 3.87. The molecule has 0 saturated carbocycles. The zero-order chi connectivity index (χ0) is 10.7. The summed E-state index contributed by atoms with van der Waals surface area (Å²) in [5, 5.41) is 17.3. The molecule has 0 aromatic carbocycles. The molecule has 0 unspecified atom stereocenters. The molecule has 0 aliphatic rings. The Hall–Kier alpha value is -1.91. The van der Waals surface area contributed by atoms with Gasteiger partial charge in [-0.25, -0.2) is 14.6 Å². The molecule has 0 amide bonds. The minimum atomic E-state index is -1.23. The van der Waals surface area contributed by atoms with Crippen LogP contribution in [0.5, 0.6) is 0 Å². The number of hydrogen-bond acceptors (Lipinski definition) is 3. The molecule has 1 heterocycles. The number of carboxylic acids is 2. The molecule has 0 radical (unpaired) electrons. The maximum Gasteiger partial charge on any atom is 0.354 e. The van der Waals surface area contributed by atoms with Gasteiger partial charge in [0.2, 0.25) is 0 Å². The largest absolute Gasteiger partial charge is 0.477 e. The van der Waals surface area contributed by atoms with E-state index in [1.54, 1.807) is 6.92 Å². The number of hydrogen-bond donors (Lipinski definition) is 2. The molecule has 74 valence electrons. The monoisotopic (exact) mass is 195 g/mol. The summed E-state index contributed by atoms with van der Waals surface area (Å²) in [4.78, 5) is 24.8. The Labute approximate surface area is 80.0 Å². The van der Waals surface area contributed by atoms with Crippen molar-refractivity contribution < 1.29 is 19.8 Å². The predicted octanol–water partition coefficient (Wildman–Crippen LogP) is 1.04. The van der Waals surface area contributed by atoms with Crippen molar-refractivity contribution >= 4 is 11.9 Å². The maximum absolute atomic E-state index is 10.7. The summed E-state index contributed by atoms with van der Waals surface area (Å²) < 4.78 is 0. The molecule has 1 aromatic rings. The number of nitrogens with zero attached hydrogens (tertiary/aromatic N) is 1. The van der Waals surface area contributed by atoms with Crippen LogP contribution >= 0.6 is 0 Å². The third kappa shape index (κ3) is 1.87. The van der Waals surface area contributed by atoms with Gasteiger partial charge in [0.15, 0.2) is 5.69 Å². The van der Waals surface area contributed by atoms with Gasteiger partial charge in [0.05, 0.1) is 0 Å². The minimum absolute atomic E-state index is 0.188. The van der Waals surface area contributed by atoms with Gasteiger partial charge in [-0.1, -0.05) is 13.0 Å². The van der Waals surface area contributed by atoms with Crippen LogP contribution in [0.4, 0.5) is 0 Å². The van der Waals surface area contributed by atoms with E-state index in [1.165, 1.54) is 12.1 Å². The third-order valence-corrected chi connectivity index (χ3v) is 1.78. The van der Waals surface area contributed by atoms with Crippen LogP contribution in [0.1, 0.15) is 33.5 Å². The lowest BCUT2D eigenvalue weighted by Crippen LogP contribution is -2.10. The molecular formula is C9H9NO4. The lowest BCUT2D eigenvalue weighted by atomic mass is 10.1. The first-order valence-corrected chi connectivity index (χ1v) is 4.02. The number of aromatic nitrogens is 1. The van der Waals surface area contributed by atoms with Crippen molar-refractivity contribution in [2.24, 2.45) is 0 Å². The van der Waals surface area contributed by atoms with Gasteiger partial charge in [0.25, 0.3) is 0 Å². The van der Waals surface area contributed by atoms with Crippen LogP contribution in [0.25, 0.3) is 0 Å². The van der Waals surface area contributed by atoms with Gasteiger partial charge >= 0.3 is 11.9 Å². The van der Waals surface area contributed by atoms with Gasteiger partial charge in [0, 0.05) is 0 Å². The Morgan fingerprint density at radius 3 is 2.36 bits per heavy atom. The average Bonchev–Trinajstić information content (AvgIpc) is 2.16. The maximum atomic E-state index is 10.7. The normalized spacial score (nSPS) is 9.79. The molecule has 0 spiro atoms. The highest BCUT2D eigenvalue weighted by molar-refractivity contribution is 5.90. The van der Waals surface area contributed by atoms with E-state index in [0.29, 0.717) is 12.0 Å². The van der Waals surface area contributed by atoms with Crippen molar-refractivity contribution in [2.75, 3.05) is 0 Å². The third-order valence-electron chi connectivity index (χ3n) is 1.78. The van der Waals surface area contributed by atoms with E-state index in [1.807, 2.05) is 0 Å². The molecule has 2 N–H and O–H groups in total. The van der Waals surface area contributed by atoms with E-state index in [-0.39, 0.29) is 11.4 Å². The van der Waals surface area contributed by atoms with Crippen molar-refractivity contribution in [1.82, 2.24) is 4.98 Å². The first-order valence-electron chi connectivity index (χ1n) is 4.02. The van der Waals surface area contributed by atoms with Gasteiger partial charge in [0.1, 0.15) is 5.69 Å². The van der Waals surface area contributed by atoms with Crippen LogP contribution in [-0.2, 0) is 6.42 Å². The van der Waals surface area contributed by atoms with Crippen molar-refractivity contribution in [3.05, 3.63) is 29.1 Å². The first-order chi connectivity index (χ1) is 6.56. The molecule has 0 fully saturated rings. The van der Waals surface area contributed by atoms with Crippen LogP contribution in [0, 0.1) is 0 Å². The quantitative estimate of drug-likeness (QED) is 0.752.